The molecule has 33 heavy (non-hydrogen) atoms. The second kappa shape index (κ2) is 11.9. The molecule has 0 bridgehead atoms. The standard InChI is InChI=1S/C28H32N2O3/c1-4-22-14-16-25(17-15-22)33-20-27(31)30(19-24-13-9-8-10-21(24)2)26(28(32)29-3)18-23-11-6-5-7-12-23/h5-17,26H,4,18-20H2,1-3H3,(H,29,32)/t26-/m0/s1. The summed E-state index contributed by atoms with van der Waals surface area (Å²) in [6.45, 7) is 4.29. The predicted molar refractivity (Wildman–Crippen MR) is 131 cm³/mol. The number of amides is 2. The van der Waals surface area contributed by atoms with E-state index in [2.05, 4.69) is 12.2 Å². The van der Waals surface area contributed by atoms with Crippen LogP contribution in [0.4, 0.5) is 0 Å². The zero-order valence-electron chi connectivity index (χ0n) is 19.6. The average molecular weight is 445 g/mol. The monoisotopic (exact) mass is 444 g/mol. The molecule has 0 aliphatic carbocycles. The van der Waals surface area contributed by atoms with Gasteiger partial charge in [-0.15, -0.1) is 0 Å². The van der Waals surface area contributed by atoms with Crippen LogP contribution < -0.4 is 10.1 Å². The van der Waals surface area contributed by atoms with E-state index in [1.807, 2.05) is 85.8 Å². The number of carbonyl (C=O) groups is 2. The van der Waals surface area contributed by atoms with E-state index in [1.165, 1.54) is 5.56 Å². The molecule has 3 aromatic rings. The molecular weight excluding hydrogens is 412 g/mol. The van der Waals surface area contributed by atoms with Crippen molar-refractivity contribution in [3.8, 4) is 5.75 Å². The number of carbonyl (C=O) groups excluding carboxylic acids is 2. The second-order valence-electron chi connectivity index (χ2n) is 8.05. The van der Waals surface area contributed by atoms with Crippen molar-refractivity contribution < 1.29 is 14.3 Å². The van der Waals surface area contributed by atoms with Crippen LogP contribution in [-0.2, 0) is 29.0 Å². The van der Waals surface area contributed by atoms with Gasteiger partial charge in [-0.2, -0.15) is 0 Å². The highest BCUT2D eigenvalue weighted by atomic mass is 16.5. The highest BCUT2D eigenvalue weighted by Gasteiger charge is 2.30. The minimum atomic E-state index is -0.657. The third-order valence-corrected chi connectivity index (χ3v) is 5.81. The van der Waals surface area contributed by atoms with E-state index in [1.54, 1.807) is 11.9 Å². The molecule has 0 saturated heterocycles. The Morgan fingerprint density at radius 1 is 0.909 bits per heavy atom. The van der Waals surface area contributed by atoms with Crippen LogP contribution in [0.2, 0.25) is 0 Å². The fourth-order valence-corrected chi connectivity index (χ4v) is 3.74. The first-order chi connectivity index (χ1) is 16.0. The summed E-state index contributed by atoms with van der Waals surface area (Å²) in [7, 11) is 1.60. The third-order valence-electron chi connectivity index (χ3n) is 5.81. The van der Waals surface area contributed by atoms with Crippen molar-refractivity contribution in [3.63, 3.8) is 0 Å². The van der Waals surface area contributed by atoms with Gasteiger partial charge >= 0.3 is 0 Å². The number of ether oxygens (including phenoxy) is 1. The zero-order valence-corrected chi connectivity index (χ0v) is 19.6. The molecule has 1 atom stereocenters. The Balaban J connectivity index is 1.86. The van der Waals surface area contributed by atoms with Crippen LogP contribution in [0, 0.1) is 6.92 Å². The molecule has 2 amide bonds. The van der Waals surface area contributed by atoms with Gasteiger partial charge in [-0.1, -0.05) is 73.7 Å². The van der Waals surface area contributed by atoms with Crippen LogP contribution in [0.1, 0.15) is 29.2 Å². The van der Waals surface area contributed by atoms with Gasteiger partial charge in [-0.05, 0) is 47.7 Å². The van der Waals surface area contributed by atoms with Gasteiger partial charge in [0.15, 0.2) is 6.61 Å². The lowest BCUT2D eigenvalue weighted by molar-refractivity contribution is -0.142. The van der Waals surface area contributed by atoms with Gasteiger partial charge < -0.3 is 15.0 Å². The van der Waals surface area contributed by atoms with Crippen LogP contribution in [0.3, 0.4) is 0 Å². The summed E-state index contributed by atoms with van der Waals surface area (Å²) in [4.78, 5) is 28.0. The van der Waals surface area contributed by atoms with E-state index in [0.717, 1.165) is 23.1 Å². The molecule has 5 heteroatoms. The Morgan fingerprint density at radius 2 is 1.58 bits per heavy atom. The summed E-state index contributed by atoms with van der Waals surface area (Å²) in [5.74, 6) is 0.200. The third kappa shape index (κ3) is 6.69. The first kappa shape index (κ1) is 24.1. The van der Waals surface area contributed by atoms with Crippen molar-refractivity contribution in [2.24, 2.45) is 0 Å². The first-order valence-corrected chi connectivity index (χ1v) is 11.3. The lowest BCUT2D eigenvalue weighted by atomic mass is 10.0. The fourth-order valence-electron chi connectivity index (χ4n) is 3.74. The summed E-state index contributed by atoms with van der Waals surface area (Å²) >= 11 is 0. The number of nitrogens with one attached hydrogen (secondary N) is 1. The SMILES string of the molecule is CCc1ccc(OCC(=O)N(Cc2ccccc2C)[C@@H](Cc2ccccc2)C(=O)NC)cc1. The van der Waals surface area contributed by atoms with Crippen LogP contribution in [0.15, 0.2) is 78.9 Å². The summed E-state index contributed by atoms with van der Waals surface area (Å²) < 4.78 is 5.81. The maximum Gasteiger partial charge on any atom is 0.261 e. The first-order valence-electron chi connectivity index (χ1n) is 11.3. The van der Waals surface area contributed by atoms with Gasteiger partial charge in [0, 0.05) is 20.0 Å². The molecule has 172 valence electrons. The topological polar surface area (TPSA) is 58.6 Å². The number of aryl methyl sites for hydroxylation is 2. The van der Waals surface area contributed by atoms with Crippen molar-refractivity contribution in [2.45, 2.75) is 39.3 Å². The molecule has 0 spiro atoms. The van der Waals surface area contributed by atoms with E-state index in [0.29, 0.717) is 18.7 Å². The van der Waals surface area contributed by atoms with Gasteiger partial charge in [0.05, 0.1) is 0 Å². The number of benzene rings is 3. The van der Waals surface area contributed by atoms with E-state index >= 15 is 0 Å². The number of hydrogen-bond acceptors (Lipinski definition) is 3. The van der Waals surface area contributed by atoms with Crippen molar-refractivity contribution in [3.05, 3.63) is 101 Å². The van der Waals surface area contributed by atoms with Crippen molar-refractivity contribution in [1.29, 1.82) is 0 Å². The van der Waals surface area contributed by atoms with Crippen LogP contribution in [-0.4, -0.2) is 36.4 Å². The highest BCUT2D eigenvalue weighted by molar-refractivity contribution is 5.88. The summed E-state index contributed by atoms with van der Waals surface area (Å²) in [5.41, 5.74) is 4.27. The Labute approximate surface area is 196 Å². The second-order valence-corrected chi connectivity index (χ2v) is 8.05. The number of rotatable bonds is 10. The van der Waals surface area contributed by atoms with Gasteiger partial charge in [0.25, 0.3) is 5.91 Å². The predicted octanol–water partition coefficient (Wildman–Crippen LogP) is 4.32. The largest absolute Gasteiger partial charge is 0.484 e. The van der Waals surface area contributed by atoms with Gasteiger partial charge in [-0.25, -0.2) is 0 Å². The van der Waals surface area contributed by atoms with Crippen molar-refractivity contribution >= 4 is 11.8 Å². The van der Waals surface area contributed by atoms with Crippen LogP contribution in [0.5, 0.6) is 5.75 Å². The lowest BCUT2D eigenvalue weighted by Crippen LogP contribution is -2.51. The highest BCUT2D eigenvalue weighted by Crippen LogP contribution is 2.18. The summed E-state index contributed by atoms with van der Waals surface area (Å²) in [5, 5.41) is 2.73. The Bertz CT molecular complexity index is 1050. The zero-order chi connectivity index (χ0) is 23.6. The fraction of sp³-hybridized carbons (Fsp3) is 0.286. The average Bonchev–Trinajstić information content (AvgIpc) is 2.86. The van der Waals surface area contributed by atoms with E-state index in [-0.39, 0.29) is 18.4 Å². The molecule has 3 aromatic carbocycles. The summed E-state index contributed by atoms with van der Waals surface area (Å²) in [6, 6.07) is 24.7. The van der Waals surface area contributed by atoms with Gasteiger partial charge in [0.2, 0.25) is 5.91 Å². The molecule has 0 aliphatic heterocycles. The lowest BCUT2D eigenvalue weighted by Gasteiger charge is -2.31. The molecule has 0 unspecified atom stereocenters. The van der Waals surface area contributed by atoms with Crippen molar-refractivity contribution in [2.75, 3.05) is 13.7 Å². The molecule has 0 aromatic heterocycles. The Kier molecular flexibility index (Phi) is 8.64. The minimum absolute atomic E-state index is 0.139. The smallest absolute Gasteiger partial charge is 0.261 e. The normalized spacial score (nSPS) is 11.5. The molecule has 0 aliphatic rings. The Hall–Kier alpha value is -3.60. The van der Waals surface area contributed by atoms with Gasteiger partial charge in [0.1, 0.15) is 11.8 Å². The number of nitrogens with zero attached hydrogens (tertiary/aromatic N) is 1. The molecule has 0 radical (unpaired) electrons. The molecule has 1 N–H and O–H groups in total. The quantitative estimate of drug-likeness (QED) is 0.507. The number of hydrogen-bond donors (Lipinski definition) is 1. The number of likely N-dealkylation sites (N-methyl/N-ethyl adjacent to an activating group) is 1. The molecule has 0 fully saturated rings. The minimum Gasteiger partial charge on any atom is -0.484 e. The van der Waals surface area contributed by atoms with Crippen LogP contribution >= 0.6 is 0 Å². The van der Waals surface area contributed by atoms with Gasteiger partial charge in [-0.3, -0.25) is 9.59 Å². The van der Waals surface area contributed by atoms with Crippen LogP contribution in [0.25, 0.3) is 0 Å². The molecule has 0 heterocycles. The van der Waals surface area contributed by atoms with Crippen molar-refractivity contribution in [1.82, 2.24) is 10.2 Å². The molecule has 5 nitrogen and oxygen atoms in total. The molecule has 0 saturated carbocycles. The molecule has 3 rings (SSSR count). The maximum atomic E-state index is 13.4. The van der Waals surface area contributed by atoms with E-state index < -0.39 is 6.04 Å². The maximum absolute atomic E-state index is 13.4. The molecular formula is C28H32N2O3. The summed E-state index contributed by atoms with van der Waals surface area (Å²) in [6.07, 6.45) is 1.36. The van der Waals surface area contributed by atoms with E-state index in [4.69, 9.17) is 4.74 Å². The van der Waals surface area contributed by atoms with E-state index in [9.17, 15) is 9.59 Å². The Morgan fingerprint density at radius 3 is 2.21 bits per heavy atom.